The maximum Gasteiger partial charge on any atom is 0.245 e. The summed E-state index contributed by atoms with van der Waals surface area (Å²) in [6.45, 7) is 0.406. The van der Waals surface area contributed by atoms with E-state index in [-0.39, 0.29) is 5.95 Å². The van der Waals surface area contributed by atoms with Gasteiger partial charge < -0.3 is 15.5 Å². The van der Waals surface area contributed by atoms with Crippen LogP contribution in [0.1, 0.15) is 5.56 Å². The fourth-order valence-electron chi connectivity index (χ4n) is 1.69. The van der Waals surface area contributed by atoms with Crippen LogP contribution in [0.25, 0.3) is 11.2 Å². The molecule has 3 N–H and O–H groups in total. The Balaban J connectivity index is 1.92. The molecular formula is C12H10BrN5O. The minimum Gasteiger partial charge on any atom is -0.471 e. The van der Waals surface area contributed by atoms with Crippen molar-refractivity contribution in [2.45, 2.75) is 6.61 Å². The van der Waals surface area contributed by atoms with E-state index in [0.717, 1.165) is 5.56 Å². The van der Waals surface area contributed by atoms with E-state index in [2.05, 4.69) is 35.9 Å². The van der Waals surface area contributed by atoms with Crippen LogP contribution < -0.4 is 10.5 Å². The molecule has 6 nitrogen and oxygen atoms in total. The number of nitrogen functional groups attached to an aromatic ring is 1. The van der Waals surface area contributed by atoms with Crippen LogP contribution in [0.15, 0.2) is 35.1 Å². The van der Waals surface area contributed by atoms with Crippen LogP contribution in [-0.4, -0.2) is 19.9 Å². The Hall–Kier alpha value is -2.15. The third-order valence-electron chi connectivity index (χ3n) is 2.52. The number of aromatic amines is 1. The maximum atomic E-state index is 5.68. The summed E-state index contributed by atoms with van der Waals surface area (Å²) < 4.78 is 6.24. The molecule has 0 spiro atoms. The summed E-state index contributed by atoms with van der Waals surface area (Å²) >= 11 is 3.25. The number of benzene rings is 1. The zero-order valence-corrected chi connectivity index (χ0v) is 11.4. The summed E-state index contributed by atoms with van der Waals surface area (Å²) in [6.07, 6.45) is 0. The van der Waals surface area contributed by atoms with Crippen molar-refractivity contribution in [3.05, 3.63) is 40.6 Å². The van der Waals surface area contributed by atoms with Crippen molar-refractivity contribution in [3.63, 3.8) is 0 Å². The summed E-state index contributed by atoms with van der Waals surface area (Å²) in [5.41, 5.74) is 7.78. The summed E-state index contributed by atoms with van der Waals surface area (Å²) in [5, 5.41) is 0. The first-order valence-electron chi connectivity index (χ1n) is 5.58. The molecule has 3 aromatic rings. The Bertz CT molecular complexity index is 713. The molecule has 0 aliphatic heterocycles. The second-order valence-electron chi connectivity index (χ2n) is 3.89. The summed E-state index contributed by atoms with van der Waals surface area (Å²) in [5.74, 6) is 0.527. The molecule has 0 radical (unpaired) electrons. The lowest BCUT2D eigenvalue weighted by molar-refractivity contribution is 0.297. The highest BCUT2D eigenvalue weighted by atomic mass is 79.9. The first-order chi connectivity index (χ1) is 9.22. The van der Waals surface area contributed by atoms with Crippen LogP contribution in [0.2, 0.25) is 0 Å². The lowest BCUT2D eigenvalue weighted by atomic mass is 10.2. The molecule has 0 amide bonds. The Kier molecular flexibility index (Phi) is 3.04. The van der Waals surface area contributed by atoms with Gasteiger partial charge in [0.05, 0.1) is 0 Å². The molecule has 7 heteroatoms. The molecule has 0 aliphatic carbocycles. The zero-order valence-electron chi connectivity index (χ0n) is 9.80. The Labute approximate surface area is 117 Å². The van der Waals surface area contributed by atoms with Gasteiger partial charge in [-0.1, -0.05) is 30.3 Å². The number of halogens is 1. The molecule has 96 valence electrons. The molecule has 0 bridgehead atoms. The van der Waals surface area contributed by atoms with Crippen molar-refractivity contribution in [3.8, 4) is 5.88 Å². The third-order valence-corrected chi connectivity index (χ3v) is 2.90. The van der Waals surface area contributed by atoms with E-state index in [4.69, 9.17) is 10.5 Å². The average molecular weight is 320 g/mol. The highest BCUT2D eigenvalue weighted by Crippen LogP contribution is 2.23. The van der Waals surface area contributed by atoms with E-state index in [1.54, 1.807) is 0 Å². The number of aromatic nitrogens is 4. The van der Waals surface area contributed by atoms with E-state index in [0.29, 0.717) is 28.4 Å². The highest BCUT2D eigenvalue weighted by molar-refractivity contribution is 9.10. The number of H-pyrrole nitrogens is 1. The molecule has 0 saturated heterocycles. The second kappa shape index (κ2) is 4.85. The number of nitrogens with one attached hydrogen (secondary N) is 1. The number of nitrogens with zero attached hydrogens (tertiary/aromatic N) is 3. The first kappa shape index (κ1) is 11.9. The van der Waals surface area contributed by atoms with Gasteiger partial charge in [0.1, 0.15) is 12.1 Å². The lowest BCUT2D eigenvalue weighted by Crippen LogP contribution is -2.02. The topological polar surface area (TPSA) is 89.7 Å². The van der Waals surface area contributed by atoms with Crippen LogP contribution in [0.3, 0.4) is 0 Å². The number of anilines is 1. The van der Waals surface area contributed by atoms with Gasteiger partial charge in [-0.05, 0) is 21.5 Å². The predicted molar refractivity (Wildman–Crippen MR) is 74.6 cm³/mol. The quantitative estimate of drug-likeness (QED) is 0.723. The Morgan fingerprint density at radius 3 is 2.74 bits per heavy atom. The molecule has 2 heterocycles. The fourth-order valence-corrected chi connectivity index (χ4v) is 2.06. The van der Waals surface area contributed by atoms with E-state index in [1.807, 2.05) is 30.3 Å². The van der Waals surface area contributed by atoms with E-state index >= 15 is 0 Å². The van der Waals surface area contributed by atoms with Gasteiger partial charge in [0.2, 0.25) is 11.8 Å². The highest BCUT2D eigenvalue weighted by Gasteiger charge is 2.11. The van der Waals surface area contributed by atoms with Crippen LogP contribution in [0, 0.1) is 0 Å². The number of hydrogen-bond acceptors (Lipinski definition) is 5. The van der Waals surface area contributed by atoms with Crippen LogP contribution in [-0.2, 0) is 6.61 Å². The standard InChI is InChI=1S/C12H10BrN5O/c13-11-15-8-9(16-11)17-12(14)18-10(8)19-6-7-4-2-1-3-5-7/h1-5H,6H2,(H3,14,15,16,17,18). The van der Waals surface area contributed by atoms with Gasteiger partial charge in [0.25, 0.3) is 0 Å². The number of rotatable bonds is 3. The number of imidazole rings is 1. The van der Waals surface area contributed by atoms with Crippen LogP contribution in [0.4, 0.5) is 5.95 Å². The largest absolute Gasteiger partial charge is 0.471 e. The molecule has 1 aromatic carbocycles. The van der Waals surface area contributed by atoms with E-state index in [9.17, 15) is 0 Å². The molecule has 0 fully saturated rings. The molecule has 0 unspecified atom stereocenters. The first-order valence-corrected chi connectivity index (χ1v) is 6.37. The molecule has 0 saturated carbocycles. The second-order valence-corrected chi connectivity index (χ2v) is 4.64. The Morgan fingerprint density at radius 2 is 1.95 bits per heavy atom. The average Bonchev–Trinajstić information content (AvgIpc) is 2.77. The zero-order chi connectivity index (χ0) is 13.2. The minimum atomic E-state index is 0.134. The van der Waals surface area contributed by atoms with Crippen molar-refractivity contribution >= 4 is 33.0 Å². The number of fused-ring (bicyclic) bond motifs is 1. The molecule has 3 rings (SSSR count). The minimum absolute atomic E-state index is 0.134. The van der Waals surface area contributed by atoms with Crippen LogP contribution >= 0.6 is 15.9 Å². The van der Waals surface area contributed by atoms with Gasteiger partial charge in [-0.15, -0.1) is 0 Å². The van der Waals surface area contributed by atoms with Gasteiger partial charge >= 0.3 is 0 Å². The predicted octanol–water partition coefficient (Wildman–Crippen LogP) is 2.28. The third kappa shape index (κ3) is 2.50. The fraction of sp³-hybridized carbons (Fsp3) is 0.0833. The van der Waals surface area contributed by atoms with Gasteiger partial charge in [0.15, 0.2) is 10.4 Å². The number of nitrogens with two attached hydrogens (primary N) is 1. The summed E-state index contributed by atoms with van der Waals surface area (Å²) in [7, 11) is 0. The van der Waals surface area contributed by atoms with Gasteiger partial charge in [-0.3, -0.25) is 0 Å². The number of ether oxygens (including phenoxy) is 1. The summed E-state index contributed by atoms with van der Waals surface area (Å²) in [4.78, 5) is 15.2. The van der Waals surface area contributed by atoms with Crippen molar-refractivity contribution in [2.24, 2.45) is 0 Å². The molecular weight excluding hydrogens is 310 g/mol. The van der Waals surface area contributed by atoms with Gasteiger partial charge in [0, 0.05) is 0 Å². The van der Waals surface area contributed by atoms with E-state index in [1.165, 1.54) is 0 Å². The molecule has 19 heavy (non-hydrogen) atoms. The normalized spacial score (nSPS) is 10.8. The molecule has 0 atom stereocenters. The lowest BCUT2D eigenvalue weighted by Gasteiger charge is -2.06. The monoisotopic (exact) mass is 319 g/mol. The Morgan fingerprint density at radius 1 is 1.16 bits per heavy atom. The van der Waals surface area contributed by atoms with Gasteiger partial charge in [-0.2, -0.15) is 9.97 Å². The van der Waals surface area contributed by atoms with E-state index < -0.39 is 0 Å². The van der Waals surface area contributed by atoms with Crippen molar-refractivity contribution in [1.29, 1.82) is 0 Å². The van der Waals surface area contributed by atoms with Crippen LogP contribution in [0.5, 0.6) is 5.88 Å². The van der Waals surface area contributed by atoms with Crippen molar-refractivity contribution < 1.29 is 4.74 Å². The smallest absolute Gasteiger partial charge is 0.245 e. The summed E-state index contributed by atoms with van der Waals surface area (Å²) in [6, 6.07) is 9.82. The van der Waals surface area contributed by atoms with Crippen molar-refractivity contribution in [2.75, 3.05) is 5.73 Å². The van der Waals surface area contributed by atoms with Gasteiger partial charge in [-0.25, -0.2) is 4.98 Å². The SMILES string of the molecule is Nc1nc(OCc2ccccc2)c2[nH]c(Br)nc2n1. The maximum absolute atomic E-state index is 5.68. The van der Waals surface area contributed by atoms with Crippen molar-refractivity contribution in [1.82, 2.24) is 19.9 Å². The number of hydrogen-bond donors (Lipinski definition) is 2. The molecule has 0 aliphatic rings. The molecule has 2 aromatic heterocycles.